The molecule has 3 N–H and O–H groups in total. The van der Waals surface area contributed by atoms with Gasteiger partial charge >= 0.3 is 5.69 Å². The summed E-state index contributed by atoms with van der Waals surface area (Å²) in [6, 6.07) is 40.5. The average molecular weight is 822 g/mol. The van der Waals surface area contributed by atoms with Gasteiger partial charge < -0.3 is 14.2 Å². The van der Waals surface area contributed by atoms with Crippen LogP contribution in [0, 0.1) is 6.92 Å². The van der Waals surface area contributed by atoms with Gasteiger partial charge in [-0.1, -0.05) is 132 Å². The van der Waals surface area contributed by atoms with E-state index < -0.39 is 65.5 Å². The van der Waals surface area contributed by atoms with Crippen molar-refractivity contribution in [3.63, 3.8) is 0 Å². The Balaban J connectivity index is 1.51. The van der Waals surface area contributed by atoms with Gasteiger partial charge in [-0.25, -0.2) is 10.7 Å². The van der Waals surface area contributed by atoms with Crippen LogP contribution < -0.4 is 27.5 Å². The number of ether oxygens (including phenoxy) is 3. The quantitative estimate of drug-likeness (QED) is 0.0932. The standard InChI is InChI=1S/C44H47N3O9SSi/c1-31-16-11-14-25-37(31)57(50,51)54-30-43(29-53-42(2,3)4)39(52-28-33-19-15-18-32-17-12-13-24-36(32)33)40(55-45)44(56-43,47-27-26-38(48)46-41(47)49)58(34-20-7-5-8-21-34)35-22-9-6-10-23-35/h5-27,39-40,58H,28-30,45H2,1-4H3,(H,46,48,49)/t39-,40+,43-,44-/m0/s1. The molecule has 12 nitrogen and oxygen atoms in total. The van der Waals surface area contributed by atoms with Crippen molar-refractivity contribution in [1.82, 2.24) is 9.55 Å². The fourth-order valence-corrected chi connectivity index (χ4v) is 13.0. The highest BCUT2D eigenvalue weighted by Gasteiger charge is 2.70. The summed E-state index contributed by atoms with van der Waals surface area (Å²) in [5.41, 5.74) is -2.73. The zero-order valence-electron chi connectivity index (χ0n) is 32.7. The monoisotopic (exact) mass is 821 g/mol. The Kier molecular flexibility index (Phi) is 11.8. The van der Waals surface area contributed by atoms with Gasteiger partial charge in [0.05, 0.1) is 23.7 Å². The van der Waals surface area contributed by atoms with Crippen molar-refractivity contribution in [3.05, 3.63) is 172 Å². The number of fused-ring (bicyclic) bond motifs is 1. The predicted octanol–water partition coefficient (Wildman–Crippen LogP) is 4.07. The van der Waals surface area contributed by atoms with Crippen LogP contribution in [0.4, 0.5) is 0 Å². The first kappa shape index (κ1) is 41.1. The second-order valence-corrected chi connectivity index (χ2v) is 20.1. The van der Waals surface area contributed by atoms with Crippen LogP contribution in [0.3, 0.4) is 0 Å². The fraction of sp³-hybridized carbons (Fsp3) is 0.273. The molecule has 7 rings (SSSR count). The molecule has 0 aliphatic carbocycles. The van der Waals surface area contributed by atoms with E-state index >= 15 is 0 Å². The SMILES string of the molecule is Cc1ccccc1S(=O)(=O)OC[C@]1(COC(C)(C)C)O[C@](n2ccc(=O)[nH]c2=O)([SiH](c2ccccc2)c2ccccc2)[C@H](ON)[C@@H]1OCc1cccc2ccccc12. The van der Waals surface area contributed by atoms with Gasteiger partial charge in [0.25, 0.3) is 15.7 Å². The summed E-state index contributed by atoms with van der Waals surface area (Å²) in [5.74, 6) is 6.44. The van der Waals surface area contributed by atoms with Gasteiger partial charge in [-0.05, 0) is 55.7 Å². The Morgan fingerprint density at radius 1 is 0.793 bits per heavy atom. The van der Waals surface area contributed by atoms with Crippen LogP contribution in [-0.4, -0.2) is 63.4 Å². The highest BCUT2D eigenvalue weighted by Crippen LogP contribution is 2.47. The van der Waals surface area contributed by atoms with Crippen LogP contribution in [0.5, 0.6) is 0 Å². The third-order valence-electron chi connectivity index (χ3n) is 10.5. The molecule has 1 aromatic heterocycles. The average Bonchev–Trinajstić information content (AvgIpc) is 3.48. The van der Waals surface area contributed by atoms with Crippen LogP contribution in [0.25, 0.3) is 10.8 Å². The molecule has 5 aromatic carbocycles. The van der Waals surface area contributed by atoms with E-state index in [4.69, 9.17) is 29.1 Å². The van der Waals surface area contributed by atoms with Crippen molar-refractivity contribution < 1.29 is 31.6 Å². The highest BCUT2D eigenvalue weighted by atomic mass is 32.2. The second kappa shape index (κ2) is 16.7. The van der Waals surface area contributed by atoms with Crippen molar-refractivity contribution >= 4 is 40.1 Å². The van der Waals surface area contributed by atoms with Gasteiger partial charge in [0.1, 0.15) is 18.3 Å². The molecule has 0 unspecified atom stereocenters. The van der Waals surface area contributed by atoms with Crippen LogP contribution in [0.2, 0.25) is 0 Å². The van der Waals surface area contributed by atoms with Crippen molar-refractivity contribution in [3.8, 4) is 0 Å². The van der Waals surface area contributed by atoms with Crippen LogP contribution >= 0.6 is 0 Å². The minimum Gasteiger partial charge on any atom is -0.373 e. The molecule has 0 amide bonds. The summed E-state index contributed by atoms with van der Waals surface area (Å²) in [6.07, 6.45) is -1.24. The van der Waals surface area contributed by atoms with E-state index in [1.165, 1.54) is 22.9 Å². The van der Waals surface area contributed by atoms with E-state index in [2.05, 4.69) is 4.98 Å². The molecule has 1 aliphatic heterocycles. The zero-order chi connectivity index (χ0) is 41.1. The summed E-state index contributed by atoms with van der Waals surface area (Å²) < 4.78 is 56.6. The van der Waals surface area contributed by atoms with Crippen molar-refractivity contribution in [2.45, 2.75) is 68.0 Å². The normalized spacial score (nSPS) is 21.1. The Labute approximate surface area is 338 Å². The lowest BCUT2D eigenvalue weighted by atomic mass is 9.95. The van der Waals surface area contributed by atoms with E-state index in [-0.39, 0.29) is 18.1 Å². The number of H-pyrrole nitrogens is 1. The minimum absolute atomic E-state index is 0.00342. The third-order valence-corrected chi connectivity index (χ3v) is 15.5. The summed E-state index contributed by atoms with van der Waals surface area (Å²) in [5, 5.41) is 1.71. The molecule has 0 radical (unpaired) electrons. The summed E-state index contributed by atoms with van der Waals surface area (Å²) in [7, 11) is -7.49. The molecule has 14 heteroatoms. The number of aromatic nitrogens is 2. The first-order valence-corrected chi connectivity index (χ1v) is 22.1. The molecule has 58 heavy (non-hydrogen) atoms. The molecule has 6 aromatic rings. The summed E-state index contributed by atoms with van der Waals surface area (Å²) >= 11 is 0. The summed E-state index contributed by atoms with van der Waals surface area (Å²) in [6.45, 7) is 6.32. The Morgan fingerprint density at radius 2 is 1.41 bits per heavy atom. The van der Waals surface area contributed by atoms with Gasteiger partial charge in [0.2, 0.25) is 0 Å². The van der Waals surface area contributed by atoms with E-state index in [1.807, 2.05) is 124 Å². The van der Waals surface area contributed by atoms with Gasteiger partial charge in [0.15, 0.2) is 20.2 Å². The first-order valence-electron chi connectivity index (χ1n) is 18.9. The first-order chi connectivity index (χ1) is 27.8. The number of hydrogen-bond donors (Lipinski definition) is 2. The number of aryl methyl sites for hydroxylation is 1. The van der Waals surface area contributed by atoms with Gasteiger partial charge in [-0.15, -0.1) is 0 Å². The lowest BCUT2D eigenvalue weighted by molar-refractivity contribution is -0.197. The van der Waals surface area contributed by atoms with Crippen LogP contribution in [0.15, 0.2) is 154 Å². The Morgan fingerprint density at radius 3 is 2.05 bits per heavy atom. The number of benzene rings is 5. The van der Waals surface area contributed by atoms with Gasteiger partial charge in [0, 0.05) is 12.3 Å². The van der Waals surface area contributed by atoms with E-state index in [9.17, 15) is 18.0 Å². The number of rotatable bonds is 14. The molecule has 1 saturated heterocycles. The molecule has 0 spiro atoms. The number of hydrogen-bond acceptors (Lipinski definition) is 10. The van der Waals surface area contributed by atoms with Crippen molar-refractivity contribution in [1.29, 1.82) is 0 Å². The van der Waals surface area contributed by atoms with E-state index in [0.717, 1.165) is 26.7 Å². The molecule has 1 aliphatic rings. The lowest BCUT2D eigenvalue weighted by Crippen LogP contribution is -2.69. The Bertz CT molecular complexity index is 2550. The summed E-state index contributed by atoms with van der Waals surface area (Å²) in [4.78, 5) is 35.5. The molecule has 0 saturated carbocycles. The smallest absolute Gasteiger partial charge is 0.330 e. The number of nitrogens with two attached hydrogens (primary N) is 1. The minimum atomic E-state index is -4.42. The number of nitrogens with zero attached hydrogens (tertiary/aromatic N) is 1. The highest BCUT2D eigenvalue weighted by molar-refractivity contribution is 7.86. The maximum atomic E-state index is 14.3. The molecule has 4 atom stereocenters. The largest absolute Gasteiger partial charge is 0.373 e. The van der Waals surface area contributed by atoms with Crippen LogP contribution in [-0.2, 0) is 45.3 Å². The predicted molar refractivity (Wildman–Crippen MR) is 224 cm³/mol. The fourth-order valence-electron chi connectivity index (χ4n) is 7.82. The Hall–Kier alpha value is -5.03. The topological polar surface area (TPSA) is 161 Å². The van der Waals surface area contributed by atoms with Crippen molar-refractivity contribution in [2.24, 2.45) is 5.90 Å². The van der Waals surface area contributed by atoms with Gasteiger partial charge in [-0.2, -0.15) is 8.42 Å². The van der Waals surface area contributed by atoms with E-state index in [0.29, 0.717) is 5.56 Å². The molecule has 302 valence electrons. The van der Waals surface area contributed by atoms with E-state index in [1.54, 1.807) is 25.1 Å². The molecular formula is C44H47N3O9SSi. The maximum Gasteiger partial charge on any atom is 0.330 e. The second-order valence-electron chi connectivity index (χ2n) is 15.5. The molecule has 0 bridgehead atoms. The molecule has 2 heterocycles. The lowest BCUT2D eigenvalue weighted by Gasteiger charge is -2.42. The molecular weight excluding hydrogens is 775 g/mol. The van der Waals surface area contributed by atoms with Gasteiger partial charge in [-0.3, -0.25) is 23.4 Å². The number of nitrogens with one attached hydrogen (secondary N) is 1. The van der Waals surface area contributed by atoms with Crippen molar-refractivity contribution in [2.75, 3.05) is 13.2 Å². The van der Waals surface area contributed by atoms with Crippen LogP contribution in [0.1, 0.15) is 31.9 Å². The zero-order valence-corrected chi connectivity index (χ0v) is 34.7. The third kappa shape index (κ3) is 8.15. The molecule has 1 fully saturated rings. The maximum absolute atomic E-state index is 14.3. The number of aromatic amines is 1.